The molecule has 0 amide bonds. The van der Waals surface area contributed by atoms with Crippen molar-refractivity contribution in [3.63, 3.8) is 0 Å². The minimum atomic E-state index is -0.409. The number of carbonyl (C=O) groups excluding carboxylic acids is 6. The van der Waals surface area contributed by atoms with Crippen molar-refractivity contribution in [2.45, 2.75) is 82.3 Å². The highest BCUT2D eigenvalue weighted by molar-refractivity contribution is 7.96. The summed E-state index contributed by atoms with van der Waals surface area (Å²) >= 11 is 36.0. The second kappa shape index (κ2) is 53.5. The maximum atomic E-state index is 11.5. The first-order valence-electron chi connectivity index (χ1n) is 29.2. The molecular weight excluding hydrogens is 1400 g/mol. The van der Waals surface area contributed by atoms with E-state index < -0.39 is 11.9 Å². The smallest absolute Gasteiger partial charge is 0.358 e. The highest BCUT2D eigenvalue weighted by atomic mass is 32.2. The van der Waals surface area contributed by atoms with Crippen LogP contribution >= 0.6 is 125 Å². The highest BCUT2D eigenvalue weighted by Gasteiger charge is 2.28. The van der Waals surface area contributed by atoms with Gasteiger partial charge in [-0.05, 0) is 106 Å². The van der Waals surface area contributed by atoms with Crippen LogP contribution in [0.25, 0.3) is 0 Å². The lowest BCUT2D eigenvalue weighted by Crippen LogP contribution is -2.34. The number of benzene rings is 5. The third kappa shape index (κ3) is 42.7. The van der Waals surface area contributed by atoms with Crippen molar-refractivity contribution in [1.29, 1.82) is 0 Å². The first-order chi connectivity index (χ1) is 45.1. The summed E-state index contributed by atoms with van der Waals surface area (Å²) in [5.41, 5.74) is 8.46. The molecule has 0 aliphatic carbocycles. The van der Waals surface area contributed by atoms with Gasteiger partial charge in [0.1, 0.15) is 25.6 Å². The summed E-state index contributed by atoms with van der Waals surface area (Å²) < 4.78 is 30.4. The minimum Gasteiger partial charge on any atom is -0.492 e. The number of thiol groups is 8. The number of esters is 3. The molecule has 5 aromatic carbocycles. The summed E-state index contributed by atoms with van der Waals surface area (Å²) in [5.74, 6) is 3.70. The molecule has 0 aromatic heterocycles. The Kier molecular flexibility index (Phi) is 50.4. The van der Waals surface area contributed by atoms with E-state index in [0.29, 0.717) is 87.7 Å². The van der Waals surface area contributed by atoms with Crippen LogP contribution in [0.5, 0.6) is 5.75 Å². The van der Waals surface area contributed by atoms with Gasteiger partial charge in [0, 0.05) is 78.6 Å². The molecule has 0 aliphatic rings. The van der Waals surface area contributed by atoms with E-state index in [1.165, 1.54) is 5.56 Å². The zero-order chi connectivity index (χ0) is 71.7. The van der Waals surface area contributed by atoms with Crippen LogP contribution in [0.15, 0.2) is 212 Å². The van der Waals surface area contributed by atoms with Crippen LogP contribution < -0.4 is 9.80 Å². The van der Waals surface area contributed by atoms with Crippen molar-refractivity contribution < 1.29 is 60.9 Å². The van der Waals surface area contributed by atoms with Gasteiger partial charge in [-0.15, -0.1) is 0 Å². The number of hydrogen-bond donors (Lipinski definition) is 8. The Bertz CT molecular complexity index is 3130. The van der Waals surface area contributed by atoms with E-state index in [2.05, 4.69) is 141 Å². The van der Waals surface area contributed by atoms with Crippen molar-refractivity contribution >= 4 is 167 Å². The standard InChI is InChI=1S/C13H17NO2S.C13H16O3S2.C12H14O2S2.2C12H14O2S.C9H16O2S3/c1-11(2)13(15)16-14(9-6-10-17)12-7-4-3-5-8-12;1-10(2)13(14)16-18-9-12(17)8-15-11-6-4-3-5-7-11;1-9(2)12(13)14-16-8-11-5-3-10(7-15)4-6-11;1-9(2)12(13)14-7-10-3-5-11(8-15)6-4-10;1-9(2)12(13)14-8-11(15)10-6-4-3-5-7-10;1-7(2)8(10)11-3-9(4-12,5-13)6-14/h3-5,7-8,17H,1,6,9-10H2,2H3;3-7,12,17H,1,8-9H2,2H3;3-6,15H,1,7-8H2,2H3;3-6,15H,1,7-8H2,2H3;3-7,11,15H,1,8H2,2H3;12-14H,1,3-6H2,2H3. The van der Waals surface area contributed by atoms with Gasteiger partial charge in [-0.1, -0.05) is 155 Å². The molecule has 0 aliphatic heterocycles. The van der Waals surface area contributed by atoms with Crippen LogP contribution in [0.3, 0.4) is 0 Å². The lowest BCUT2D eigenvalue weighted by atomic mass is 9.97. The molecule has 14 nitrogen and oxygen atoms in total. The Morgan fingerprint density at radius 2 is 0.884 bits per heavy atom. The zero-order valence-electron chi connectivity index (χ0n) is 54.7. The number of nitrogens with zero attached hydrogens (tertiary/aromatic N) is 1. The number of rotatable bonds is 32. The summed E-state index contributed by atoms with van der Waals surface area (Å²) in [4.78, 5) is 72.3. The molecule has 518 valence electrons. The molecule has 24 heteroatoms. The van der Waals surface area contributed by atoms with Crippen LogP contribution in [0, 0.1) is 5.41 Å². The molecular formula is C71H91NO13S10. The maximum Gasteiger partial charge on any atom is 0.358 e. The second-order valence-corrected chi connectivity index (χ2v) is 25.6. The van der Waals surface area contributed by atoms with Crippen LogP contribution in [0.4, 0.5) is 5.69 Å². The van der Waals surface area contributed by atoms with E-state index in [9.17, 15) is 28.8 Å². The van der Waals surface area contributed by atoms with Gasteiger partial charge in [0.2, 0.25) is 0 Å². The largest absolute Gasteiger partial charge is 0.492 e. The Morgan fingerprint density at radius 1 is 0.474 bits per heavy atom. The molecule has 2 unspecified atom stereocenters. The van der Waals surface area contributed by atoms with Gasteiger partial charge in [-0.2, -0.15) is 101 Å². The van der Waals surface area contributed by atoms with Gasteiger partial charge in [0.15, 0.2) is 0 Å². The number of hydrogen-bond acceptors (Lipinski definition) is 24. The highest BCUT2D eigenvalue weighted by Crippen LogP contribution is 2.25. The van der Waals surface area contributed by atoms with E-state index in [4.69, 9.17) is 32.2 Å². The van der Waals surface area contributed by atoms with Gasteiger partial charge < -0.3 is 32.2 Å². The lowest BCUT2D eigenvalue weighted by molar-refractivity contribution is -0.141. The predicted octanol–water partition coefficient (Wildman–Crippen LogP) is 16.8. The molecule has 0 N–H and O–H groups in total. The monoisotopic (exact) mass is 1490 g/mol. The van der Waals surface area contributed by atoms with Crippen LogP contribution in [-0.4, -0.2) is 96.2 Å². The van der Waals surface area contributed by atoms with Crippen molar-refractivity contribution in [2.24, 2.45) is 5.41 Å². The third-order valence-electron chi connectivity index (χ3n) is 11.6. The van der Waals surface area contributed by atoms with Crippen molar-refractivity contribution in [2.75, 3.05) is 60.2 Å². The fraction of sp³-hybridized carbons (Fsp3) is 0.324. The quantitative estimate of drug-likeness (QED) is 0.00511. The number of ether oxygens (including phenoxy) is 4. The molecule has 0 radical (unpaired) electrons. The Hall–Kier alpha value is -5.54. The predicted molar refractivity (Wildman–Crippen MR) is 420 cm³/mol. The molecule has 0 saturated carbocycles. The molecule has 0 fully saturated rings. The van der Waals surface area contributed by atoms with Gasteiger partial charge >= 0.3 is 35.8 Å². The molecule has 95 heavy (non-hydrogen) atoms. The molecule has 5 aromatic rings. The maximum absolute atomic E-state index is 11.5. The van der Waals surface area contributed by atoms with Gasteiger partial charge in [-0.3, -0.25) is 0 Å². The van der Waals surface area contributed by atoms with Gasteiger partial charge in [0.05, 0.1) is 53.9 Å². The van der Waals surface area contributed by atoms with Gasteiger partial charge in [-0.25, -0.2) is 33.8 Å². The Morgan fingerprint density at radius 3 is 1.33 bits per heavy atom. The van der Waals surface area contributed by atoms with Crippen molar-refractivity contribution in [3.8, 4) is 5.75 Å². The summed E-state index contributed by atoms with van der Waals surface area (Å²) in [6, 6.07) is 44.6. The molecule has 0 saturated heterocycles. The molecule has 0 bridgehead atoms. The van der Waals surface area contributed by atoms with Crippen molar-refractivity contribution in [1.82, 2.24) is 0 Å². The molecule has 2 atom stereocenters. The number of para-hydroxylation sites is 2. The molecule has 0 spiro atoms. The zero-order valence-corrected chi connectivity index (χ0v) is 63.5. The van der Waals surface area contributed by atoms with Crippen molar-refractivity contribution in [3.05, 3.63) is 240 Å². The second-order valence-electron chi connectivity index (χ2n) is 20.7. The first-order valence-corrected chi connectivity index (χ1v) is 35.8. The van der Waals surface area contributed by atoms with E-state index in [0.717, 1.165) is 75.7 Å². The third-order valence-corrected chi connectivity index (χ3v) is 17.3. The first kappa shape index (κ1) is 89.5. The average molecular weight is 1490 g/mol. The number of anilines is 1. The van der Waals surface area contributed by atoms with Gasteiger partial charge in [0.25, 0.3) is 0 Å². The minimum absolute atomic E-state index is 0.00636. The summed E-state index contributed by atoms with van der Waals surface area (Å²) in [6.07, 6.45) is 0.835. The fourth-order valence-electron chi connectivity index (χ4n) is 5.86. The van der Waals surface area contributed by atoms with E-state index in [1.807, 2.05) is 140 Å². The van der Waals surface area contributed by atoms with Crippen LogP contribution in [0.1, 0.15) is 81.0 Å². The normalized spacial score (nSPS) is 10.7. The average Bonchev–Trinajstić information content (AvgIpc) is 2.59. The summed E-state index contributed by atoms with van der Waals surface area (Å²) in [5, 5.41) is 1.48. The fourth-order valence-corrected chi connectivity index (χ4v) is 9.61. The van der Waals surface area contributed by atoms with Crippen LogP contribution in [0.2, 0.25) is 0 Å². The van der Waals surface area contributed by atoms with E-state index in [1.54, 1.807) is 46.6 Å². The Labute approximate surface area is 616 Å². The topological polar surface area (TPSA) is 170 Å². The summed E-state index contributed by atoms with van der Waals surface area (Å²) in [7, 11) is 0. The van der Waals surface area contributed by atoms with E-state index in [-0.39, 0.29) is 53.0 Å². The van der Waals surface area contributed by atoms with Crippen LogP contribution in [-0.2, 0) is 80.0 Å². The lowest BCUT2D eigenvalue weighted by Gasteiger charge is -2.27. The van der Waals surface area contributed by atoms with E-state index >= 15 is 0 Å². The molecule has 0 heterocycles. The number of carbonyl (C=O) groups is 6. The summed E-state index contributed by atoms with van der Waals surface area (Å²) in [6.45, 7) is 32.7. The SMILES string of the molecule is C=C(C)C(=O)OCC(CS)(CS)CS.C=C(C)C(=O)OCC(S)c1ccccc1.C=C(C)C(=O)OCc1ccc(CS)cc1.C=C(C)C(=O)ON(CCCS)c1ccccc1.C=C(C)C(=O)OSCC(S)COc1ccccc1.C=C(C)C(=O)OSCc1ccc(CS)cc1. The Balaban J connectivity index is 0.00000112. The number of hydroxylamine groups is 1. The molecule has 5 rings (SSSR count).